The number of hydrogen-bond acceptors (Lipinski definition) is 2. The average Bonchev–Trinajstić information content (AvgIpc) is 2.73. The van der Waals surface area contributed by atoms with E-state index in [2.05, 4.69) is 15.2 Å². The molecule has 0 amide bonds. The lowest BCUT2D eigenvalue weighted by molar-refractivity contribution is 0.612. The topological polar surface area (TPSA) is 41.6 Å². The number of nitrogens with zero attached hydrogens (tertiary/aromatic N) is 2. The van der Waals surface area contributed by atoms with E-state index in [0.29, 0.717) is 23.6 Å². The summed E-state index contributed by atoms with van der Waals surface area (Å²) >= 11 is 5.66. The molecule has 0 radical (unpaired) electrons. The van der Waals surface area contributed by atoms with E-state index in [-0.39, 0.29) is 5.02 Å². The standard InChI is InChI=1S/C10H9ClFN3.C2H6/c1-6-13-9(15-14-6)5-7-3-2-4-8(11)10(7)12;1-2/h2-4H,5H2,1H3,(H,13,14,15);1-2H3. The lowest BCUT2D eigenvalue weighted by Gasteiger charge is -2.00. The number of nitrogens with one attached hydrogen (secondary N) is 1. The molecule has 1 aromatic heterocycles. The fraction of sp³-hybridized carbons (Fsp3) is 0.333. The van der Waals surface area contributed by atoms with Gasteiger partial charge in [0.1, 0.15) is 11.6 Å². The van der Waals surface area contributed by atoms with E-state index in [1.54, 1.807) is 19.1 Å². The van der Waals surface area contributed by atoms with Crippen molar-refractivity contribution in [3.63, 3.8) is 0 Å². The van der Waals surface area contributed by atoms with Gasteiger partial charge in [0.15, 0.2) is 5.82 Å². The summed E-state index contributed by atoms with van der Waals surface area (Å²) in [5, 5.41) is 6.77. The average molecular weight is 256 g/mol. The highest BCUT2D eigenvalue weighted by molar-refractivity contribution is 6.30. The molecular weight excluding hydrogens is 241 g/mol. The fourth-order valence-corrected chi connectivity index (χ4v) is 1.52. The SMILES string of the molecule is CC.Cc1nc(Cc2cccc(Cl)c2F)n[nH]1. The van der Waals surface area contributed by atoms with Gasteiger partial charge in [0.05, 0.1) is 5.02 Å². The predicted molar refractivity (Wildman–Crippen MR) is 66.7 cm³/mol. The van der Waals surface area contributed by atoms with Gasteiger partial charge in [-0.1, -0.05) is 37.6 Å². The first kappa shape index (κ1) is 13.6. The van der Waals surface area contributed by atoms with Crippen molar-refractivity contribution in [2.75, 3.05) is 0 Å². The molecule has 1 heterocycles. The molecule has 0 aliphatic rings. The molecule has 92 valence electrons. The molecule has 17 heavy (non-hydrogen) atoms. The summed E-state index contributed by atoms with van der Waals surface area (Å²) in [7, 11) is 0. The van der Waals surface area contributed by atoms with Crippen LogP contribution in [0.4, 0.5) is 4.39 Å². The second-order valence-electron chi connectivity index (χ2n) is 3.23. The van der Waals surface area contributed by atoms with E-state index < -0.39 is 5.82 Å². The molecule has 0 spiro atoms. The third kappa shape index (κ3) is 3.53. The minimum atomic E-state index is -0.401. The summed E-state index contributed by atoms with van der Waals surface area (Å²) in [6, 6.07) is 4.90. The predicted octanol–water partition coefficient (Wildman–Crippen LogP) is 3.52. The van der Waals surface area contributed by atoms with Crippen LogP contribution in [0.25, 0.3) is 0 Å². The van der Waals surface area contributed by atoms with Gasteiger partial charge in [-0.3, -0.25) is 5.10 Å². The number of aromatic amines is 1. The molecule has 0 aliphatic carbocycles. The summed E-state index contributed by atoms with van der Waals surface area (Å²) in [4.78, 5) is 4.10. The van der Waals surface area contributed by atoms with Crippen molar-refractivity contribution in [2.45, 2.75) is 27.2 Å². The fourth-order valence-electron chi connectivity index (χ4n) is 1.32. The smallest absolute Gasteiger partial charge is 0.155 e. The van der Waals surface area contributed by atoms with Crippen LogP contribution in [-0.2, 0) is 6.42 Å². The number of H-pyrrole nitrogens is 1. The normalized spacial score (nSPS) is 9.71. The third-order valence-corrected chi connectivity index (χ3v) is 2.32. The lowest BCUT2D eigenvalue weighted by atomic mass is 10.1. The Labute approximate surface area is 105 Å². The zero-order chi connectivity index (χ0) is 12.8. The Morgan fingerprint density at radius 1 is 1.35 bits per heavy atom. The van der Waals surface area contributed by atoms with Gasteiger partial charge in [0.2, 0.25) is 0 Å². The van der Waals surface area contributed by atoms with Gasteiger partial charge in [0.25, 0.3) is 0 Å². The highest BCUT2D eigenvalue weighted by Crippen LogP contribution is 2.19. The number of hydrogen-bond donors (Lipinski definition) is 1. The second kappa shape index (κ2) is 6.35. The molecule has 1 aromatic carbocycles. The first-order valence-electron chi connectivity index (χ1n) is 5.47. The number of aryl methyl sites for hydroxylation is 1. The molecule has 0 saturated carbocycles. The monoisotopic (exact) mass is 255 g/mol. The van der Waals surface area contributed by atoms with Crippen LogP contribution in [0, 0.1) is 12.7 Å². The third-order valence-electron chi connectivity index (χ3n) is 2.02. The van der Waals surface area contributed by atoms with Gasteiger partial charge in [-0.2, -0.15) is 5.10 Å². The number of aromatic nitrogens is 3. The Balaban J connectivity index is 0.000000686. The van der Waals surface area contributed by atoms with Crippen LogP contribution >= 0.6 is 11.6 Å². The van der Waals surface area contributed by atoms with Crippen molar-refractivity contribution in [3.05, 3.63) is 46.3 Å². The van der Waals surface area contributed by atoms with Crippen LogP contribution in [-0.4, -0.2) is 15.2 Å². The molecule has 0 unspecified atom stereocenters. The molecule has 1 N–H and O–H groups in total. The molecule has 0 aliphatic heterocycles. The maximum absolute atomic E-state index is 13.5. The van der Waals surface area contributed by atoms with E-state index in [1.807, 2.05) is 13.8 Å². The number of benzene rings is 1. The van der Waals surface area contributed by atoms with Gasteiger partial charge < -0.3 is 0 Å². The summed E-state index contributed by atoms with van der Waals surface area (Å²) in [5.41, 5.74) is 0.501. The van der Waals surface area contributed by atoms with Gasteiger partial charge >= 0.3 is 0 Å². The van der Waals surface area contributed by atoms with Crippen LogP contribution in [0.3, 0.4) is 0 Å². The van der Waals surface area contributed by atoms with Crippen molar-refractivity contribution >= 4 is 11.6 Å². The van der Waals surface area contributed by atoms with Crippen molar-refractivity contribution in [2.24, 2.45) is 0 Å². The summed E-state index contributed by atoms with van der Waals surface area (Å²) in [5.74, 6) is 0.878. The van der Waals surface area contributed by atoms with Gasteiger partial charge in [0, 0.05) is 6.42 Å². The van der Waals surface area contributed by atoms with Crippen molar-refractivity contribution < 1.29 is 4.39 Å². The summed E-state index contributed by atoms with van der Waals surface area (Å²) in [6.07, 6.45) is 0.344. The minimum Gasteiger partial charge on any atom is -0.263 e. The zero-order valence-electron chi connectivity index (χ0n) is 10.1. The maximum Gasteiger partial charge on any atom is 0.155 e. The molecule has 5 heteroatoms. The maximum atomic E-state index is 13.5. The van der Waals surface area contributed by atoms with E-state index in [0.717, 1.165) is 0 Å². The molecular formula is C12H15ClFN3. The Bertz CT molecular complexity index is 482. The Morgan fingerprint density at radius 2 is 2.06 bits per heavy atom. The van der Waals surface area contributed by atoms with E-state index >= 15 is 0 Å². The molecule has 2 rings (SSSR count). The Hall–Kier alpha value is -1.42. The van der Waals surface area contributed by atoms with Crippen LogP contribution in [0.2, 0.25) is 5.02 Å². The molecule has 0 saturated heterocycles. The molecule has 0 fully saturated rings. The van der Waals surface area contributed by atoms with Crippen LogP contribution in [0.5, 0.6) is 0 Å². The summed E-state index contributed by atoms with van der Waals surface area (Å²) in [6.45, 7) is 5.80. The number of rotatable bonds is 2. The molecule has 2 aromatic rings. The van der Waals surface area contributed by atoms with E-state index in [9.17, 15) is 4.39 Å². The van der Waals surface area contributed by atoms with Crippen molar-refractivity contribution in [1.82, 2.24) is 15.2 Å². The minimum absolute atomic E-state index is 0.125. The van der Waals surface area contributed by atoms with Crippen LogP contribution < -0.4 is 0 Å². The van der Waals surface area contributed by atoms with Gasteiger partial charge in [-0.05, 0) is 18.6 Å². The summed E-state index contributed by atoms with van der Waals surface area (Å²) < 4.78 is 13.5. The highest BCUT2D eigenvalue weighted by Gasteiger charge is 2.09. The van der Waals surface area contributed by atoms with Crippen molar-refractivity contribution in [3.8, 4) is 0 Å². The second-order valence-corrected chi connectivity index (χ2v) is 3.63. The lowest BCUT2D eigenvalue weighted by Crippen LogP contribution is -1.95. The van der Waals surface area contributed by atoms with Crippen LogP contribution in [0.15, 0.2) is 18.2 Å². The molecule has 0 bridgehead atoms. The molecule has 0 atom stereocenters. The quantitative estimate of drug-likeness (QED) is 0.892. The molecule has 3 nitrogen and oxygen atoms in total. The zero-order valence-corrected chi connectivity index (χ0v) is 10.8. The first-order valence-corrected chi connectivity index (χ1v) is 5.85. The van der Waals surface area contributed by atoms with Gasteiger partial charge in [-0.25, -0.2) is 9.37 Å². The van der Waals surface area contributed by atoms with E-state index in [4.69, 9.17) is 11.6 Å². The van der Waals surface area contributed by atoms with Crippen molar-refractivity contribution in [1.29, 1.82) is 0 Å². The number of halogens is 2. The Kier molecular flexibility index (Phi) is 5.10. The van der Waals surface area contributed by atoms with E-state index in [1.165, 1.54) is 6.07 Å². The van der Waals surface area contributed by atoms with Crippen LogP contribution in [0.1, 0.15) is 31.1 Å². The Morgan fingerprint density at radius 3 is 2.65 bits per heavy atom. The largest absolute Gasteiger partial charge is 0.263 e. The van der Waals surface area contributed by atoms with Gasteiger partial charge in [-0.15, -0.1) is 0 Å². The highest BCUT2D eigenvalue weighted by atomic mass is 35.5. The first-order chi connectivity index (χ1) is 8.16.